The first-order valence-corrected chi connectivity index (χ1v) is 5.70. The fourth-order valence-electron chi connectivity index (χ4n) is 1.34. The van der Waals surface area contributed by atoms with E-state index < -0.39 is 24.6 Å². The molecule has 4 N–H and O–H groups in total. The number of carboxylic acids is 1. The Morgan fingerprint density at radius 3 is 2.74 bits per heavy atom. The van der Waals surface area contributed by atoms with E-state index in [1.807, 2.05) is 6.92 Å². The van der Waals surface area contributed by atoms with Gasteiger partial charge in [0.1, 0.15) is 5.75 Å². The van der Waals surface area contributed by atoms with Crippen LogP contribution in [-0.2, 0) is 4.79 Å². The van der Waals surface area contributed by atoms with Crippen molar-refractivity contribution in [1.29, 1.82) is 0 Å². The Hall–Kier alpha value is -2.28. The van der Waals surface area contributed by atoms with Gasteiger partial charge in [-0.3, -0.25) is 0 Å². The molecule has 1 aromatic rings. The van der Waals surface area contributed by atoms with E-state index >= 15 is 0 Å². The number of aliphatic carboxylic acids is 1. The average molecular weight is 268 g/mol. The van der Waals surface area contributed by atoms with Crippen molar-refractivity contribution in [2.45, 2.75) is 13.0 Å². The molecule has 0 aliphatic carbocycles. The number of rotatable bonds is 6. The second-order valence-electron chi connectivity index (χ2n) is 3.63. The number of urea groups is 1. The molecule has 1 aromatic carbocycles. The quantitative estimate of drug-likeness (QED) is 0.606. The Kier molecular flexibility index (Phi) is 5.62. The predicted octanol–water partition coefficient (Wildman–Crippen LogP) is 0.652. The summed E-state index contributed by atoms with van der Waals surface area (Å²) < 4.78 is 5.26. The number of benzene rings is 1. The Labute approximate surface area is 110 Å². The van der Waals surface area contributed by atoms with Crippen LogP contribution in [0.1, 0.15) is 6.92 Å². The zero-order valence-electron chi connectivity index (χ0n) is 10.4. The van der Waals surface area contributed by atoms with Gasteiger partial charge in [-0.2, -0.15) is 0 Å². The van der Waals surface area contributed by atoms with Gasteiger partial charge in [0.25, 0.3) is 0 Å². The van der Waals surface area contributed by atoms with Crippen LogP contribution in [0.2, 0.25) is 0 Å². The molecule has 7 heteroatoms. The zero-order chi connectivity index (χ0) is 14.3. The van der Waals surface area contributed by atoms with Crippen molar-refractivity contribution < 1.29 is 24.5 Å². The van der Waals surface area contributed by atoms with E-state index in [0.29, 0.717) is 18.0 Å². The minimum absolute atomic E-state index is 0.463. The minimum atomic E-state index is -1.34. The van der Waals surface area contributed by atoms with Crippen LogP contribution in [0.5, 0.6) is 5.75 Å². The lowest BCUT2D eigenvalue weighted by molar-refractivity contribution is -0.140. The number of hydrogen-bond acceptors (Lipinski definition) is 4. The maximum Gasteiger partial charge on any atom is 0.328 e. The van der Waals surface area contributed by atoms with Crippen LogP contribution in [0, 0.1) is 0 Å². The molecule has 0 aromatic heterocycles. The Balaban J connectivity index is 2.61. The van der Waals surface area contributed by atoms with E-state index in [1.54, 1.807) is 24.3 Å². The number of carbonyl (C=O) groups is 2. The van der Waals surface area contributed by atoms with Crippen LogP contribution in [0.15, 0.2) is 24.3 Å². The number of carbonyl (C=O) groups excluding carboxylic acids is 1. The number of nitrogens with one attached hydrogen (secondary N) is 2. The molecule has 19 heavy (non-hydrogen) atoms. The SMILES string of the molecule is CCOc1cccc(NC(=O)N[C@@H](CO)C(=O)O)c1. The van der Waals surface area contributed by atoms with E-state index in [0.717, 1.165) is 0 Å². The molecule has 0 saturated heterocycles. The van der Waals surface area contributed by atoms with Crippen LogP contribution in [0.25, 0.3) is 0 Å². The second kappa shape index (κ2) is 7.22. The van der Waals surface area contributed by atoms with Gasteiger partial charge < -0.3 is 25.6 Å². The van der Waals surface area contributed by atoms with Crippen molar-refractivity contribution in [3.63, 3.8) is 0 Å². The van der Waals surface area contributed by atoms with E-state index in [2.05, 4.69) is 10.6 Å². The standard InChI is InChI=1S/C12H16N2O5/c1-2-19-9-5-3-4-8(6-9)13-12(18)14-10(7-15)11(16)17/h3-6,10,15H,2,7H2,1H3,(H,16,17)(H2,13,14,18)/t10-/m0/s1. The Bertz CT molecular complexity index is 450. The summed E-state index contributed by atoms with van der Waals surface area (Å²) in [6.07, 6.45) is 0. The van der Waals surface area contributed by atoms with Gasteiger partial charge in [-0.1, -0.05) is 6.07 Å². The van der Waals surface area contributed by atoms with Gasteiger partial charge in [-0.05, 0) is 19.1 Å². The highest BCUT2D eigenvalue weighted by Crippen LogP contribution is 2.17. The molecule has 7 nitrogen and oxygen atoms in total. The maximum atomic E-state index is 11.5. The summed E-state index contributed by atoms with van der Waals surface area (Å²) in [5, 5.41) is 22.0. The summed E-state index contributed by atoms with van der Waals surface area (Å²) in [4.78, 5) is 22.2. The van der Waals surface area contributed by atoms with Crippen molar-refractivity contribution in [2.24, 2.45) is 0 Å². The van der Waals surface area contributed by atoms with Crippen molar-refractivity contribution >= 4 is 17.7 Å². The molecule has 0 unspecified atom stereocenters. The number of hydrogen-bond donors (Lipinski definition) is 4. The van der Waals surface area contributed by atoms with Gasteiger partial charge in [0.2, 0.25) is 0 Å². The van der Waals surface area contributed by atoms with Crippen LogP contribution in [-0.4, -0.2) is 41.5 Å². The molecule has 2 amide bonds. The molecule has 0 aliphatic heterocycles. The maximum absolute atomic E-state index is 11.5. The highest BCUT2D eigenvalue weighted by molar-refractivity contribution is 5.92. The van der Waals surface area contributed by atoms with Gasteiger partial charge in [0, 0.05) is 11.8 Å². The van der Waals surface area contributed by atoms with Crippen LogP contribution >= 0.6 is 0 Å². The molecular weight excluding hydrogens is 252 g/mol. The normalized spacial score (nSPS) is 11.5. The smallest absolute Gasteiger partial charge is 0.328 e. The molecule has 1 rings (SSSR count). The summed E-state index contributed by atoms with van der Waals surface area (Å²) >= 11 is 0. The van der Waals surface area contributed by atoms with E-state index in [9.17, 15) is 9.59 Å². The minimum Gasteiger partial charge on any atom is -0.494 e. The first kappa shape index (κ1) is 14.8. The zero-order valence-corrected chi connectivity index (χ0v) is 10.4. The van der Waals surface area contributed by atoms with E-state index in [1.165, 1.54) is 0 Å². The lowest BCUT2D eigenvalue weighted by Crippen LogP contribution is -2.45. The fourth-order valence-corrected chi connectivity index (χ4v) is 1.34. The highest BCUT2D eigenvalue weighted by Gasteiger charge is 2.18. The van der Waals surface area contributed by atoms with Crippen LogP contribution in [0.3, 0.4) is 0 Å². The molecule has 0 radical (unpaired) electrons. The largest absolute Gasteiger partial charge is 0.494 e. The lowest BCUT2D eigenvalue weighted by atomic mass is 10.3. The number of aliphatic hydroxyl groups is 1. The third-order valence-corrected chi connectivity index (χ3v) is 2.19. The first-order chi connectivity index (χ1) is 9.06. The number of amides is 2. The Morgan fingerprint density at radius 1 is 1.42 bits per heavy atom. The molecular formula is C12H16N2O5. The summed E-state index contributed by atoms with van der Waals surface area (Å²) in [6.45, 7) is 1.66. The lowest BCUT2D eigenvalue weighted by Gasteiger charge is -2.13. The van der Waals surface area contributed by atoms with E-state index in [4.69, 9.17) is 14.9 Å². The number of anilines is 1. The van der Waals surface area contributed by atoms with Crippen molar-refractivity contribution in [1.82, 2.24) is 5.32 Å². The van der Waals surface area contributed by atoms with Gasteiger partial charge >= 0.3 is 12.0 Å². The molecule has 0 fully saturated rings. The third-order valence-electron chi connectivity index (χ3n) is 2.19. The highest BCUT2D eigenvalue weighted by atomic mass is 16.5. The number of ether oxygens (including phenoxy) is 1. The predicted molar refractivity (Wildman–Crippen MR) is 68.3 cm³/mol. The summed E-state index contributed by atoms with van der Waals surface area (Å²) in [5.74, 6) is -0.710. The first-order valence-electron chi connectivity index (χ1n) is 5.70. The molecule has 0 saturated carbocycles. The second-order valence-corrected chi connectivity index (χ2v) is 3.63. The molecule has 1 atom stereocenters. The molecule has 0 heterocycles. The van der Waals surface area contributed by atoms with Gasteiger partial charge in [0.05, 0.1) is 13.2 Å². The number of carboxylic acid groups (broad SMARTS) is 1. The molecule has 0 spiro atoms. The summed E-state index contributed by atoms with van der Waals surface area (Å²) in [6, 6.07) is 4.63. The van der Waals surface area contributed by atoms with Gasteiger partial charge in [-0.25, -0.2) is 9.59 Å². The summed E-state index contributed by atoms with van der Waals surface area (Å²) in [5.41, 5.74) is 0.463. The average Bonchev–Trinajstić information content (AvgIpc) is 2.36. The van der Waals surface area contributed by atoms with Crippen molar-refractivity contribution in [3.8, 4) is 5.75 Å². The van der Waals surface area contributed by atoms with Crippen molar-refractivity contribution in [3.05, 3.63) is 24.3 Å². The molecule has 0 aliphatic rings. The monoisotopic (exact) mass is 268 g/mol. The third kappa shape index (κ3) is 4.84. The Morgan fingerprint density at radius 2 is 2.16 bits per heavy atom. The summed E-state index contributed by atoms with van der Waals surface area (Å²) in [7, 11) is 0. The van der Waals surface area contributed by atoms with E-state index in [-0.39, 0.29) is 0 Å². The van der Waals surface area contributed by atoms with Crippen LogP contribution < -0.4 is 15.4 Å². The van der Waals surface area contributed by atoms with Crippen molar-refractivity contribution in [2.75, 3.05) is 18.5 Å². The fraction of sp³-hybridized carbons (Fsp3) is 0.333. The van der Waals surface area contributed by atoms with Gasteiger partial charge in [-0.15, -0.1) is 0 Å². The van der Waals surface area contributed by atoms with Gasteiger partial charge in [0.15, 0.2) is 6.04 Å². The molecule has 104 valence electrons. The molecule has 0 bridgehead atoms. The number of aliphatic hydroxyl groups excluding tert-OH is 1. The van der Waals surface area contributed by atoms with Crippen LogP contribution in [0.4, 0.5) is 10.5 Å². The topological polar surface area (TPSA) is 108 Å².